The minimum absolute atomic E-state index is 0.638. The lowest BCUT2D eigenvalue weighted by molar-refractivity contribution is 0.296. The van der Waals surface area contributed by atoms with Gasteiger partial charge < -0.3 is 5.32 Å². The topological polar surface area (TPSA) is 24.9 Å². The Morgan fingerprint density at radius 2 is 2.22 bits per heavy atom. The Balaban J connectivity index is 1.83. The van der Waals surface area contributed by atoms with Crippen LogP contribution in [0.3, 0.4) is 0 Å². The fourth-order valence-electron chi connectivity index (χ4n) is 2.98. The van der Waals surface area contributed by atoms with Gasteiger partial charge in [-0.25, -0.2) is 4.98 Å². The summed E-state index contributed by atoms with van der Waals surface area (Å²) in [6.07, 6.45) is 12.9. The summed E-state index contributed by atoms with van der Waals surface area (Å²) in [6, 6.07) is 0.638. The van der Waals surface area contributed by atoms with Gasteiger partial charge in [0, 0.05) is 24.0 Å². The Bertz CT molecular complexity index is 304. The quantitative estimate of drug-likeness (QED) is 0.806. The van der Waals surface area contributed by atoms with Gasteiger partial charge in [0.15, 0.2) is 0 Å². The van der Waals surface area contributed by atoms with Gasteiger partial charge in [-0.3, -0.25) is 0 Å². The summed E-state index contributed by atoms with van der Waals surface area (Å²) < 4.78 is 0. The van der Waals surface area contributed by atoms with Crippen LogP contribution in [-0.4, -0.2) is 17.6 Å². The van der Waals surface area contributed by atoms with E-state index in [1.807, 2.05) is 6.20 Å². The molecule has 1 aromatic rings. The highest BCUT2D eigenvalue weighted by atomic mass is 32.1. The summed E-state index contributed by atoms with van der Waals surface area (Å²) in [4.78, 5) is 4.44. The molecular weight excluding hydrogens is 240 g/mol. The Kier molecular flexibility index (Phi) is 6.15. The summed E-state index contributed by atoms with van der Waals surface area (Å²) in [7, 11) is 0. The van der Waals surface area contributed by atoms with Crippen molar-refractivity contribution >= 4 is 11.3 Å². The second-order valence-corrected chi connectivity index (χ2v) is 6.50. The van der Waals surface area contributed by atoms with Gasteiger partial charge >= 0.3 is 0 Å². The summed E-state index contributed by atoms with van der Waals surface area (Å²) >= 11 is 1.80. The van der Waals surface area contributed by atoms with Gasteiger partial charge in [0.25, 0.3) is 0 Å². The van der Waals surface area contributed by atoms with Crippen molar-refractivity contribution in [3.63, 3.8) is 0 Å². The minimum Gasteiger partial charge on any atom is -0.314 e. The van der Waals surface area contributed by atoms with E-state index in [0.29, 0.717) is 6.04 Å². The minimum atomic E-state index is 0.638. The van der Waals surface area contributed by atoms with Crippen LogP contribution in [0.4, 0.5) is 0 Å². The molecule has 1 aromatic heterocycles. The highest BCUT2D eigenvalue weighted by Gasteiger charge is 2.19. The van der Waals surface area contributed by atoms with Crippen molar-refractivity contribution in [1.29, 1.82) is 0 Å². The molecule has 0 radical (unpaired) electrons. The van der Waals surface area contributed by atoms with E-state index in [2.05, 4.69) is 22.6 Å². The molecule has 1 fully saturated rings. The number of hydrogen-bond donors (Lipinski definition) is 1. The zero-order valence-corrected chi connectivity index (χ0v) is 12.3. The van der Waals surface area contributed by atoms with Crippen molar-refractivity contribution in [3.05, 3.63) is 16.6 Å². The maximum absolute atomic E-state index is 4.44. The van der Waals surface area contributed by atoms with Gasteiger partial charge in [-0.05, 0) is 25.3 Å². The largest absolute Gasteiger partial charge is 0.314 e. The first-order valence-corrected chi connectivity index (χ1v) is 8.38. The van der Waals surface area contributed by atoms with Crippen LogP contribution < -0.4 is 5.32 Å². The fraction of sp³-hybridized carbons (Fsp3) is 0.800. The van der Waals surface area contributed by atoms with Crippen LogP contribution in [0.2, 0.25) is 0 Å². The number of aromatic nitrogens is 1. The fourth-order valence-corrected chi connectivity index (χ4v) is 3.67. The smallest absolute Gasteiger partial charge is 0.0940 e. The van der Waals surface area contributed by atoms with Crippen molar-refractivity contribution in [2.24, 2.45) is 5.92 Å². The summed E-state index contributed by atoms with van der Waals surface area (Å²) in [6.45, 7) is 3.39. The molecule has 1 atom stereocenters. The first kappa shape index (κ1) is 14.0. The molecule has 3 heteroatoms. The highest BCUT2D eigenvalue weighted by Crippen LogP contribution is 2.28. The lowest BCUT2D eigenvalue weighted by Gasteiger charge is -2.27. The third kappa shape index (κ3) is 4.69. The molecule has 1 aliphatic rings. The molecule has 1 heterocycles. The van der Waals surface area contributed by atoms with E-state index in [-0.39, 0.29) is 0 Å². The molecule has 0 spiro atoms. The average molecular weight is 266 g/mol. The SMILES string of the molecule is CCCNC(Cc1nccs1)CC1CCCCC1. The van der Waals surface area contributed by atoms with E-state index in [1.54, 1.807) is 11.3 Å². The van der Waals surface area contributed by atoms with Gasteiger partial charge in [0.05, 0.1) is 5.01 Å². The van der Waals surface area contributed by atoms with Crippen LogP contribution in [0, 0.1) is 5.92 Å². The zero-order valence-electron chi connectivity index (χ0n) is 11.5. The molecule has 1 N–H and O–H groups in total. The van der Waals surface area contributed by atoms with Crippen molar-refractivity contribution in [1.82, 2.24) is 10.3 Å². The molecule has 2 rings (SSSR count). The molecule has 18 heavy (non-hydrogen) atoms. The Hall–Kier alpha value is -0.410. The highest BCUT2D eigenvalue weighted by molar-refractivity contribution is 7.09. The standard InChI is InChI=1S/C15H26N2S/c1-2-8-16-14(12-15-17-9-10-18-15)11-13-6-4-3-5-7-13/h9-10,13-14,16H,2-8,11-12H2,1H3. The number of nitrogens with zero attached hydrogens (tertiary/aromatic N) is 1. The zero-order chi connectivity index (χ0) is 12.6. The van der Waals surface area contributed by atoms with Crippen LogP contribution in [0.1, 0.15) is 56.9 Å². The molecule has 1 saturated carbocycles. The molecule has 0 aliphatic heterocycles. The van der Waals surface area contributed by atoms with E-state index in [1.165, 1.54) is 50.0 Å². The first-order valence-electron chi connectivity index (χ1n) is 7.50. The maximum atomic E-state index is 4.44. The van der Waals surface area contributed by atoms with Gasteiger partial charge in [-0.2, -0.15) is 0 Å². The van der Waals surface area contributed by atoms with Crippen molar-refractivity contribution in [2.45, 2.75) is 64.3 Å². The van der Waals surface area contributed by atoms with Crippen LogP contribution in [0.15, 0.2) is 11.6 Å². The Morgan fingerprint density at radius 3 is 2.89 bits per heavy atom. The lowest BCUT2D eigenvalue weighted by atomic mass is 9.84. The van der Waals surface area contributed by atoms with E-state index in [9.17, 15) is 0 Å². The molecular formula is C15H26N2S. The predicted octanol–water partition coefficient (Wildman–Crippen LogP) is 4.02. The number of thiazole rings is 1. The number of hydrogen-bond acceptors (Lipinski definition) is 3. The molecule has 0 bridgehead atoms. The van der Waals surface area contributed by atoms with Gasteiger partial charge in [-0.15, -0.1) is 11.3 Å². The summed E-state index contributed by atoms with van der Waals surface area (Å²) in [5, 5.41) is 7.10. The molecule has 0 saturated heterocycles. The predicted molar refractivity (Wildman–Crippen MR) is 79.1 cm³/mol. The normalized spacial score (nSPS) is 18.9. The van der Waals surface area contributed by atoms with Gasteiger partial charge in [0.1, 0.15) is 0 Å². The van der Waals surface area contributed by atoms with E-state index < -0.39 is 0 Å². The second-order valence-electron chi connectivity index (χ2n) is 5.52. The van der Waals surface area contributed by atoms with Gasteiger partial charge in [-0.1, -0.05) is 39.0 Å². The van der Waals surface area contributed by atoms with E-state index in [0.717, 1.165) is 18.9 Å². The van der Waals surface area contributed by atoms with Crippen LogP contribution in [-0.2, 0) is 6.42 Å². The van der Waals surface area contributed by atoms with Crippen molar-refractivity contribution < 1.29 is 0 Å². The average Bonchev–Trinajstić information content (AvgIpc) is 2.90. The van der Waals surface area contributed by atoms with Crippen LogP contribution in [0.5, 0.6) is 0 Å². The molecule has 0 aromatic carbocycles. The molecule has 1 aliphatic carbocycles. The third-order valence-electron chi connectivity index (χ3n) is 3.93. The third-order valence-corrected chi connectivity index (χ3v) is 4.73. The van der Waals surface area contributed by atoms with Gasteiger partial charge in [0.2, 0.25) is 0 Å². The van der Waals surface area contributed by atoms with Crippen molar-refractivity contribution in [2.75, 3.05) is 6.54 Å². The summed E-state index contributed by atoms with van der Waals surface area (Å²) in [5.41, 5.74) is 0. The molecule has 0 amide bonds. The number of nitrogens with one attached hydrogen (secondary N) is 1. The lowest BCUT2D eigenvalue weighted by Crippen LogP contribution is -2.34. The van der Waals surface area contributed by atoms with E-state index in [4.69, 9.17) is 0 Å². The van der Waals surface area contributed by atoms with Crippen molar-refractivity contribution in [3.8, 4) is 0 Å². The van der Waals surface area contributed by atoms with E-state index >= 15 is 0 Å². The molecule has 2 nitrogen and oxygen atoms in total. The number of rotatable bonds is 7. The monoisotopic (exact) mass is 266 g/mol. The van der Waals surface area contributed by atoms with Crippen LogP contribution in [0.25, 0.3) is 0 Å². The van der Waals surface area contributed by atoms with Crippen LogP contribution >= 0.6 is 11.3 Å². The Morgan fingerprint density at radius 1 is 1.39 bits per heavy atom. The second kappa shape index (κ2) is 7.90. The maximum Gasteiger partial charge on any atom is 0.0940 e. The summed E-state index contributed by atoms with van der Waals surface area (Å²) in [5.74, 6) is 0.952. The molecule has 1 unspecified atom stereocenters. The Labute approximate surface area is 115 Å². The first-order chi connectivity index (χ1) is 8.88. The molecule has 102 valence electrons.